The Balaban J connectivity index is 1.61. The van der Waals surface area contributed by atoms with Crippen molar-refractivity contribution in [3.8, 4) is 0 Å². The molecule has 7 heteroatoms. The number of thioether (sulfide) groups is 1. The number of rotatable bonds is 6. The molecule has 2 amide bonds. The third kappa shape index (κ3) is 5.25. The van der Waals surface area contributed by atoms with E-state index in [-0.39, 0.29) is 17.9 Å². The van der Waals surface area contributed by atoms with E-state index in [9.17, 15) is 9.59 Å². The lowest BCUT2D eigenvalue weighted by molar-refractivity contribution is -0.377. The molecule has 2 heterocycles. The summed E-state index contributed by atoms with van der Waals surface area (Å²) in [5.41, 5.74) is 1.84. The highest BCUT2D eigenvalue weighted by Gasteiger charge is 2.24. The van der Waals surface area contributed by atoms with Gasteiger partial charge in [0.15, 0.2) is 12.4 Å². The molecular weight excluding hydrogens is 372 g/mol. The zero-order chi connectivity index (χ0) is 19.9. The van der Waals surface area contributed by atoms with Gasteiger partial charge < -0.3 is 15.1 Å². The summed E-state index contributed by atoms with van der Waals surface area (Å²) in [6.45, 7) is 6.86. The molecule has 2 N–H and O–H groups in total. The summed E-state index contributed by atoms with van der Waals surface area (Å²) in [4.78, 5) is 33.1. The molecule has 1 aromatic heterocycles. The normalized spacial score (nSPS) is 14.2. The zero-order valence-electron chi connectivity index (χ0n) is 16.4. The maximum absolute atomic E-state index is 13.1. The Morgan fingerprint density at radius 3 is 2.43 bits per heavy atom. The number of hydrogen-bond donors (Lipinski definition) is 1. The molecular formula is C21H27N4O2S+. The molecule has 0 saturated carbocycles. The third-order valence-electron chi connectivity index (χ3n) is 4.56. The number of amides is 2. The van der Waals surface area contributed by atoms with Crippen LogP contribution in [0.25, 0.3) is 0 Å². The number of carbonyl (C=O) groups excluding carboxylic acids is 2. The number of aromatic amines is 1. The molecule has 0 bridgehead atoms. The predicted octanol–water partition coefficient (Wildman–Crippen LogP) is 2.08. The second kappa shape index (κ2) is 9.59. The summed E-state index contributed by atoms with van der Waals surface area (Å²) in [5.74, 6) is 0.325. The maximum atomic E-state index is 13.1. The van der Waals surface area contributed by atoms with Gasteiger partial charge in [-0.3, -0.25) is 9.59 Å². The van der Waals surface area contributed by atoms with Crippen LogP contribution >= 0.6 is 11.8 Å². The van der Waals surface area contributed by atoms with Crippen molar-refractivity contribution in [3.05, 3.63) is 54.4 Å². The van der Waals surface area contributed by atoms with Gasteiger partial charge in [-0.2, -0.15) is 0 Å². The molecule has 2 aromatic rings. The smallest absolute Gasteiger partial charge is 0.255 e. The third-order valence-corrected chi connectivity index (χ3v) is 5.63. The average Bonchev–Trinajstić information content (AvgIpc) is 2.72. The van der Waals surface area contributed by atoms with E-state index in [0.717, 1.165) is 23.7 Å². The van der Waals surface area contributed by atoms with Gasteiger partial charge in [0.05, 0.1) is 11.3 Å². The van der Waals surface area contributed by atoms with Gasteiger partial charge in [0.1, 0.15) is 0 Å². The predicted molar refractivity (Wildman–Crippen MR) is 112 cm³/mol. The average molecular weight is 400 g/mol. The molecule has 1 aliphatic heterocycles. The first-order valence-corrected chi connectivity index (χ1v) is 10.5. The number of pyridine rings is 1. The molecule has 0 spiro atoms. The van der Waals surface area contributed by atoms with Crippen LogP contribution in [-0.2, 0) is 4.79 Å². The quantitative estimate of drug-likeness (QED) is 0.756. The van der Waals surface area contributed by atoms with Crippen LogP contribution in [0.2, 0.25) is 0 Å². The topological polar surface area (TPSA) is 66.8 Å². The summed E-state index contributed by atoms with van der Waals surface area (Å²) in [7, 11) is 0. The molecule has 6 nitrogen and oxygen atoms in total. The van der Waals surface area contributed by atoms with E-state index in [0.29, 0.717) is 24.4 Å². The molecule has 0 unspecified atom stereocenters. The largest absolute Gasteiger partial charge is 0.368 e. The van der Waals surface area contributed by atoms with E-state index in [2.05, 4.69) is 15.2 Å². The summed E-state index contributed by atoms with van der Waals surface area (Å²) < 4.78 is 0. The van der Waals surface area contributed by atoms with Crippen molar-refractivity contribution < 1.29 is 14.6 Å². The minimum Gasteiger partial charge on any atom is -0.368 e. The second-order valence-corrected chi connectivity index (χ2v) is 8.06. The summed E-state index contributed by atoms with van der Waals surface area (Å²) in [6, 6.07) is 11.8. The van der Waals surface area contributed by atoms with Gasteiger partial charge in [0.25, 0.3) is 5.91 Å². The van der Waals surface area contributed by atoms with Crippen molar-refractivity contribution in [1.82, 2.24) is 10.2 Å². The van der Waals surface area contributed by atoms with Crippen LogP contribution in [0.1, 0.15) is 24.2 Å². The molecule has 28 heavy (non-hydrogen) atoms. The van der Waals surface area contributed by atoms with Crippen molar-refractivity contribution in [2.75, 3.05) is 36.8 Å². The van der Waals surface area contributed by atoms with Crippen LogP contribution in [0.4, 0.5) is 5.69 Å². The molecule has 0 radical (unpaired) electrons. The van der Waals surface area contributed by atoms with E-state index in [1.54, 1.807) is 0 Å². The number of benzene rings is 1. The summed E-state index contributed by atoms with van der Waals surface area (Å²) in [6.07, 6.45) is 3.82. The monoisotopic (exact) mass is 399 g/mol. The molecule has 1 fully saturated rings. The molecule has 0 atom stereocenters. The molecule has 1 saturated heterocycles. The van der Waals surface area contributed by atoms with Gasteiger partial charge in [-0.25, -0.2) is 4.98 Å². The Hall–Kier alpha value is -2.54. The van der Waals surface area contributed by atoms with Gasteiger partial charge in [0, 0.05) is 54.9 Å². The van der Waals surface area contributed by atoms with E-state index in [1.807, 2.05) is 67.5 Å². The van der Waals surface area contributed by atoms with Crippen LogP contribution in [0.5, 0.6) is 0 Å². The number of piperazine rings is 1. The second-order valence-electron chi connectivity index (χ2n) is 7.04. The van der Waals surface area contributed by atoms with Crippen LogP contribution in [0.15, 0.2) is 53.7 Å². The Morgan fingerprint density at radius 2 is 1.75 bits per heavy atom. The van der Waals surface area contributed by atoms with Crippen LogP contribution in [0.3, 0.4) is 0 Å². The fraction of sp³-hybridized carbons (Fsp3) is 0.381. The molecule has 1 aliphatic rings. The molecule has 0 aliphatic carbocycles. The van der Waals surface area contributed by atoms with Crippen molar-refractivity contribution >= 4 is 29.3 Å². The number of carbonyl (C=O) groups is 2. The fourth-order valence-electron chi connectivity index (χ4n) is 3.20. The number of aromatic nitrogens is 1. The SMILES string of the molecule is CC(C)NC(=O)CSc1ccccc1C(=O)N1CCN(c2cc[nH+]cc2)CC1. The number of H-pyrrole nitrogens is 1. The minimum atomic E-state index is -0.0176. The maximum Gasteiger partial charge on any atom is 0.255 e. The Morgan fingerprint density at radius 1 is 1.07 bits per heavy atom. The fourth-order valence-corrected chi connectivity index (χ4v) is 4.06. The lowest BCUT2D eigenvalue weighted by Crippen LogP contribution is -2.49. The Kier molecular flexibility index (Phi) is 6.92. The zero-order valence-corrected chi connectivity index (χ0v) is 17.2. The first-order chi connectivity index (χ1) is 13.5. The Bertz CT molecular complexity index is 805. The lowest BCUT2D eigenvalue weighted by Gasteiger charge is -2.36. The van der Waals surface area contributed by atoms with E-state index < -0.39 is 0 Å². The first kappa shape index (κ1) is 20.2. The first-order valence-electron chi connectivity index (χ1n) is 9.56. The number of nitrogens with one attached hydrogen (secondary N) is 2. The number of anilines is 1. The summed E-state index contributed by atoms with van der Waals surface area (Å²) >= 11 is 1.41. The molecule has 3 rings (SSSR count). The number of nitrogens with zero attached hydrogens (tertiary/aromatic N) is 2. The van der Waals surface area contributed by atoms with E-state index in [1.165, 1.54) is 11.8 Å². The molecule has 148 valence electrons. The van der Waals surface area contributed by atoms with E-state index >= 15 is 0 Å². The van der Waals surface area contributed by atoms with Crippen LogP contribution in [0, 0.1) is 0 Å². The van der Waals surface area contributed by atoms with Crippen LogP contribution < -0.4 is 15.2 Å². The standard InChI is InChI=1S/C21H26N4O2S/c1-16(2)23-20(26)15-28-19-6-4-3-5-18(19)21(27)25-13-11-24(12-14-25)17-7-9-22-10-8-17/h3-10,16H,11-15H2,1-2H3,(H,23,26)/p+1. The highest BCUT2D eigenvalue weighted by molar-refractivity contribution is 8.00. The molecule has 1 aromatic carbocycles. The van der Waals surface area contributed by atoms with Crippen molar-refractivity contribution in [2.45, 2.75) is 24.8 Å². The van der Waals surface area contributed by atoms with Gasteiger partial charge in [0.2, 0.25) is 5.91 Å². The van der Waals surface area contributed by atoms with E-state index in [4.69, 9.17) is 0 Å². The van der Waals surface area contributed by atoms with Gasteiger partial charge in [-0.15, -0.1) is 11.8 Å². The van der Waals surface area contributed by atoms with Crippen molar-refractivity contribution in [3.63, 3.8) is 0 Å². The minimum absolute atomic E-state index is 0.0176. The van der Waals surface area contributed by atoms with Gasteiger partial charge in [-0.1, -0.05) is 12.1 Å². The lowest BCUT2D eigenvalue weighted by atomic mass is 10.1. The highest BCUT2D eigenvalue weighted by atomic mass is 32.2. The van der Waals surface area contributed by atoms with Crippen molar-refractivity contribution in [2.24, 2.45) is 0 Å². The Labute approximate surface area is 170 Å². The number of hydrogen-bond acceptors (Lipinski definition) is 4. The summed E-state index contributed by atoms with van der Waals surface area (Å²) in [5, 5.41) is 2.88. The van der Waals surface area contributed by atoms with Gasteiger partial charge in [-0.05, 0) is 26.0 Å². The van der Waals surface area contributed by atoms with Crippen LogP contribution in [-0.4, -0.2) is 54.7 Å². The van der Waals surface area contributed by atoms with Gasteiger partial charge >= 0.3 is 0 Å². The highest BCUT2D eigenvalue weighted by Crippen LogP contribution is 2.25. The van der Waals surface area contributed by atoms with Crippen molar-refractivity contribution in [1.29, 1.82) is 0 Å².